The lowest BCUT2D eigenvalue weighted by molar-refractivity contribution is -0.119. The molecule has 2 rings (SSSR count). The molecule has 0 aliphatic rings. The van der Waals surface area contributed by atoms with Gasteiger partial charge in [-0.1, -0.05) is 42.5 Å². The van der Waals surface area contributed by atoms with Gasteiger partial charge >= 0.3 is 0 Å². The van der Waals surface area contributed by atoms with Crippen LogP contribution in [0.1, 0.15) is 25.0 Å². The van der Waals surface area contributed by atoms with Gasteiger partial charge < -0.3 is 10.6 Å². The quantitative estimate of drug-likeness (QED) is 0.808. The van der Waals surface area contributed by atoms with Crippen molar-refractivity contribution in [2.45, 2.75) is 31.4 Å². The number of carbonyl (C=O) groups excluding carboxylic acids is 2. The van der Waals surface area contributed by atoms with Gasteiger partial charge in [-0.3, -0.25) is 9.59 Å². The lowest BCUT2D eigenvalue weighted by Crippen LogP contribution is -2.22. The van der Waals surface area contributed by atoms with E-state index in [1.807, 2.05) is 49.4 Å². The predicted molar refractivity (Wildman–Crippen MR) is 99.8 cm³/mol. The molecule has 0 radical (unpaired) electrons. The molecule has 0 spiro atoms. The second-order valence-electron chi connectivity index (χ2n) is 5.53. The highest BCUT2D eigenvalue weighted by Crippen LogP contribution is 2.19. The molecule has 0 bridgehead atoms. The van der Waals surface area contributed by atoms with Crippen molar-refractivity contribution in [1.29, 1.82) is 0 Å². The zero-order valence-corrected chi connectivity index (χ0v) is 14.7. The van der Waals surface area contributed by atoms with E-state index in [1.54, 1.807) is 11.8 Å². The van der Waals surface area contributed by atoms with Crippen LogP contribution in [0.4, 0.5) is 5.69 Å². The Bertz CT molecular complexity index is 672. The molecule has 0 saturated carbocycles. The molecule has 0 heterocycles. The minimum absolute atomic E-state index is 0.00876. The fraction of sp³-hybridized carbons (Fsp3) is 0.263. The standard InChI is InChI=1S/C19H22N2O2S/c1-14(24-13-17-6-4-3-5-7-17)19(23)21-18-10-8-16(9-11-18)12-20-15(2)22/h3-11,14H,12-13H2,1-2H3,(H,20,22)(H,21,23)/t14-/m1/s1. The Balaban J connectivity index is 1.81. The summed E-state index contributed by atoms with van der Waals surface area (Å²) in [5.41, 5.74) is 2.97. The number of hydrogen-bond acceptors (Lipinski definition) is 3. The summed E-state index contributed by atoms with van der Waals surface area (Å²) in [4.78, 5) is 23.1. The van der Waals surface area contributed by atoms with Gasteiger partial charge in [0.15, 0.2) is 0 Å². The Morgan fingerprint density at radius 2 is 1.67 bits per heavy atom. The molecule has 1 atom stereocenters. The van der Waals surface area contributed by atoms with E-state index in [1.165, 1.54) is 12.5 Å². The summed E-state index contributed by atoms with van der Waals surface area (Å²) in [7, 11) is 0. The van der Waals surface area contributed by atoms with Crippen molar-refractivity contribution < 1.29 is 9.59 Å². The summed E-state index contributed by atoms with van der Waals surface area (Å²) in [6.45, 7) is 3.89. The zero-order chi connectivity index (χ0) is 17.4. The van der Waals surface area contributed by atoms with Crippen molar-refractivity contribution in [3.05, 3.63) is 65.7 Å². The Kier molecular flexibility index (Phi) is 6.88. The Hall–Kier alpha value is -2.27. The van der Waals surface area contributed by atoms with Crippen LogP contribution in [0.5, 0.6) is 0 Å². The highest BCUT2D eigenvalue weighted by molar-refractivity contribution is 7.99. The lowest BCUT2D eigenvalue weighted by atomic mass is 10.2. The van der Waals surface area contributed by atoms with Gasteiger partial charge in [-0.15, -0.1) is 11.8 Å². The van der Waals surface area contributed by atoms with Gasteiger partial charge in [0.25, 0.3) is 0 Å². The first-order valence-electron chi connectivity index (χ1n) is 7.84. The summed E-state index contributed by atoms with van der Waals surface area (Å²) in [5.74, 6) is 0.743. The van der Waals surface area contributed by atoms with Crippen LogP contribution in [0, 0.1) is 0 Å². The normalized spacial score (nSPS) is 11.6. The largest absolute Gasteiger partial charge is 0.352 e. The summed E-state index contributed by atoms with van der Waals surface area (Å²) < 4.78 is 0. The summed E-state index contributed by atoms with van der Waals surface area (Å²) in [6.07, 6.45) is 0. The maximum absolute atomic E-state index is 12.2. The van der Waals surface area contributed by atoms with Crippen LogP contribution in [0.15, 0.2) is 54.6 Å². The minimum atomic E-state index is -0.135. The van der Waals surface area contributed by atoms with E-state index in [-0.39, 0.29) is 17.1 Å². The molecule has 0 saturated heterocycles. The fourth-order valence-electron chi connectivity index (χ4n) is 2.05. The molecule has 4 nitrogen and oxygen atoms in total. The van der Waals surface area contributed by atoms with Crippen LogP contribution >= 0.6 is 11.8 Å². The number of benzene rings is 2. The number of hydrogen-bond donors (Lipinski definition) is 2. The van der Waals surface area contributed by atoms with Crippen molar-refractivity contribution in [1.82, 2.24) is 5.32 Å². The Morgan fingerprint density at radius 3 is 2.29 bits per heavy atom. The van der Waals surface area contributed by atoms with Crippen molar-refractivity contribution in [3.63, 3.8) is 0 Å². The van der Waals surface area contributed by atoms with E-state index in [9.17, 15) is 9.59 Å². The van der Waals surface area contributed by atoms with Crippen LogP contribution in [0.3, 0.4) is 0 Å². The first-order valence-corrected chi connectivity index (χ1v) is 8.89. The van der Waals surface area contributed by atoms with E-state index in [0.29, 0.717) is 6.54 Å². The van der Waals surface area contributed by atoms with Crippen LogP contribution in [-0.2, 0) is 21.9 Å². The topological polar surface area (TPSA) is 58.2 Å². The van der Waals surface area contributed by atoms with Gasteiger partial charge in [0.1, 0.15) is 0 Å². The second-order valence-corrected chi connectivity index (χ2v) is 6.86. The van der Waals surface area contributed by atoms with E-state index in [2.05, 4.69) is 22.8 Å². The molecule has 2 N–H and O–H groups in total. The first kappa shape index (κ1) is 18.1. The molecule has 0 fully saturated rings. The smallest absolute Gasteiger partial charge is 0.237 e. The average Bonchev–Trinajstić information content (AvgIpc) is 2.59. The Morgan fingerprint density at radius 1 is 1.00 bits per heavy atom. The third-order valence-electron chi connectivity index (χ3n) is 3.47. The van der Waals surface area contributed by atoms with Gasteiger partial charge in [0, 0.05) is 24.9 Å². The number of thioether (sulfide) groups is 1. The summed E-state index contributed by atoms with van der Waals surface area (Å²) >= 11 is 1.61. The van der Waals surface area contributed by atoms with Crippen molar-refractivity contribution in [2.75, 3.05) is 5.32 Å². The molecule has 2 aromatic rings. The number of carbonyl (C=O) groups is 2. The van der Waals surface area contributed by atoms with Gasteiger partial charge in [0.2, 0.25) is 11.8 Å². The third-order valence-corrected chi connectivity index (χ3v) is 4.69. The van der Waals surface area contributed by atoms with Crippen molar-refractivity contribution in [2.24, 2.45) is 0 Å². The van der Waals surface area contributed by atoms with Crippen molar-refractivity contribution in [3.8, 4) is 0 Å². The molecule has 2 aromatic carbocycles. The van der Waals surface area contributed by atoms with E-state index >= 15 is 0 Å². The summed E-state index contributed by atoms with van der Waals surface area (Å²) in [5, 5.41) is 5.53. The lowest BCUT2D eigenvalue weighted by Gasteiger charge is -2.12. The van der Waals surface area contributed by atoms with E-state index in [0.717, 1.165) is 17.0 Å². The molecular weight excluding hydrogens is 320 g/mol. The highest BCUT2D eigenvalue weighted by atomic mass is 32.2. The Labute approximate surface area is 147 Å². The van der Waals surface area contributed by atoms with Gasteiger partial charge in [-0.05, 0) is 30.2 Å². The summed E-state index contributed by atoms with van der Waals surface area (Å²) in [6, 6.07) is 17.6. The monoisotopic (exact) mass is 342 g/mol. The molecule has 0 aliphatic carbocycles. The van der Waals surface area contributed by atoms with Crippen LogP contribution < -0.4 is 10.6 Å². The van der Waals surface area contributed by atoms with Gasteiger partial charge in [-0.25, -0.2) is 0 Å². The maximum Gasteiger partial charge on any atom is 0.237 e. The van der Waals surface area contributed by atoms with Crippen molar-refractivity contribution >= 4 is 29.3 Å². The van der Waals surface area contributed by atoms with Crippen LogP contribution in [-0.4, -0.2) is 17.1 Å². The van der Waals surface area contributed by atoms with Gasteiger partial charge in [-0.2, -0.15) is 0 Å². The average molecular weight is 342 g/mol. The molecule has 5 heteroatoms. The highest BCUT2D eigenvalue weighted by Gasteiger charge is 2.13. The number of nitrogens with one attached hydrogen (secondary N) is 2. The number of rotatable bonds is 7. The number of amides is 2. The molecule has 24 heavy (non-hydrogen) atoms. The fourth-order valence-corrected chi connectivity index (χ4v) is 2.89. The third kappa shape index (κ3) is 6.08. The van der Waals surface area contributed by atoms with Crippen LogP contribution in [0.2, 0.25) is 0 Å². The molecule has 0 aliphatic heterocycles. The molecule has 126 valence electrons. The molecule has 2 amide bonds. The predicted octanol–water partition coefficient (Wildman–Crippen LogP) is 3.58. The van der Waals surface area contributed by atoms with Gasteiger partial charge in [0.05, 0.1) is 5.25 Å². The maximum atomic E-state index is 12.2. The number of anilines is 1. The molecular formula is C19H22N2O2S. The zero-order valence-electron chi connectivity index (χ0n) is 13.9. The molecule has 0 unspecified atom stereocenters. The van der Waals surface area contributed by atoms with Crippen LogP contribution in [0.25, 0.3) is 0 Å². The SMILES string of the molecule is CC(=O)NCc1ccc(NC(=O)[C@@H](C)SCc2ccccc2)cc1. The first-order chi connectivity index (χ1) is 11.5. The second kappa shape index (κ2) is 9.13. The minimum Gasteiger partial charge on any atom is -0.352 e. The van der Waals surface area contributed by atoms with E-state index in [4.69, 9.17) is 0 Å². The van der Waals surface area contributed by atoms with E-state index < -0.39 is 0 Å². The molecule has 0 aromatic heterocycles.